The Kier molecular flexibility index (Phi) is 22.1. The van der Waals surface area contributed by atoms with Crippen molar-refractivity contribution in [1.82, 2.24) is 0 Å². The van der Waals surface area contributed by atoms with Crippen molar-refractivity contribution >= 4 is 47.7 Å². The Morgan fingerprint density at radius 2 is 0.742 bits per heavy atom. The lowest BCUT2D eigenvalue weighted by atomic mass is 10.1. The topological polar surface area (TPSA) is 130 Å². The van der Waals surface area contributed by atoms with Crippen LogP contribution in [0.3, 0.4) is 0 Å². The summed E-state index contributed by atoms with van der Waals surface area (Å²) in [7, 11) is 0. The average Bonchev–Trinajstić information content (AvgIpc) is 3.35. The largest absolute Gasteiger partial charge is 0.462 e. The second-order valence-electron chi connectivity index (χ2n) is 16.3. The standard InChI is InChI=1S/C56H64N2O8/c1-3-5-7-9-11-13-15-17-38-63-53(59)45-26-22-43(23-27-45)41-57-49-30-34-51(35-31-49)65-55(61)47-20-19-21-48(40-47)56(62)66-52-36-32-50(33-37-52)58-42-44-24-28-46(29-25-44)54(60)64-39-18-16-14-12-10-8-6-4-2/h19-37,40-42H,3-18,38-39H2,1-2H3. The lowest BCUT2D eigenvalue weighted by Gasteiger charge is -2.07. The van der Waals surface area contributed by atoms with Crippen LogP contribution < -0.4 is 9.47 Å². The lowest BCUT2D eigenvalue weighted by Crippen LogP contribution is -2.12. The van der Waals surface area contributed by atoms with Crippen molar-refractivity contribution in [3.8, 4) is 11.5 Å². The second kappa shape index (κ2) is 29.0. The molecule has 0 unspecified atom stereocenters. The normalized spacial score (nSPS) is 11.2. The molecule has 0 amide bonds. The molecule has 0 aliphatic carbocycles. The second-order valence-corrected chi connectivity index (χ2v) is 16.3. The highest BCUT2D eigenvalue weighted by Crippen LogP contribution is 2.22. The van der Waals surface area contributed by atoms with Crippen LogP contribution >= 0.6 is 0 Å². The van der Waals surface area contributed by atoms with Gasteiger partial charge in [0.15, 0.2) is 0 Å². The molecule has 5 aromatic rings. The summed E-state index contributed by atoms with van der Waals surface area (Å²) < 4.78 is 22.0. The van der Waals surface area contributed by atoms with Crippen LogP contribution in [0, 0.1) is 0 Å². The van der Waals surface area contributed by atoms with Gasteiger partial charge in [0, 0.05) is 12.4 Å². The summed E-state index contributed by atoms with van der Waals surface area (Å²) in [6.45, 7) is 5.30. The Hall–Kier alpha value is -6.68. The van der Waals surface area contributed by atoms with Crippen molar-refractivity contribution in [2.45, 2.75) is 117 Å². The molecule has 0 saturated carbocycles. The van der Waals surface area contributed by atoms with Crippen LogP contribution in [-0.2, 0) is 9.47 Å². The van der Waals surface area contributed by atoms with E-state index in [1.807, 2.05) is 24.3 Å². The Morgan fingerprint density at radius 3 is 1.11 bits per heavy atom. The van der Waals surface area contributed by atoms with Crippen molar-refractivity contribution in [3.05, 3.63) is 155 Å². The maximum Gasteiger partial charge on any atom is 0.343 e. The molecular weight excluding hydrogens is 829 g/mol. The molecule has 0 aliphatic rings. The molecule has 5 rings (SSSR count). The van der Waals surface area contributed by atoms with E-state index in [9.17, 15) is 19.2 Å². The smallest absolute Gasteiger partial charge is 0.343 e. The van der Waals surface area contributed by atoms with E-state index in [0.717, 1.165) is 36.8 Å². The Balaban J connectivity index is 1.01. The SMILES string of the molecule is CCCCCCCCCCOC(=O)c1ccc(C=Nc2ccc(OC(=O)c3cccc(C(=O)Oc4ccc(N=Cc5ccc(C(=O)OCCCCCCCCCC)cc5)cc4)c3)cc2)cc1. The van der Waals surface area contributed by atoms with Crippen LogP contribution in [-0.4, -0.2) is 49.5 Å². The van der Waals surface area contributed by atoms with Crippen LogP contribution in [0.1, 0.15) is 169 Å². The molecule has 0 heterocycles. The van der Waals surface area contributed by atoms with Gasteiger partial charge < -0.3 is 18.9 Å². The molecule has 5 aromatic carbocycles. The van der Waals surface area contributed by atoms with Gasteiger partial charge in [-0.25, -0.2) is 19.2 Å². The van der Waals surface area contributed by atoms with Gasteiger partial charge in [0.2, 0.25) is 0 Å². The van der Waals surface area contributed by atoms with Crippen LogP contribution in [0.5, 0.6) is 11.5 Å². The molecule has 0 aromatic heterocycles. The first-order valence-electron chi connectivity index (χ1n) is 23.7. The average molecular weight is 893 g/mol. The summed E-state index contributed by atoms with van der Waals surface area (Å²) >= 11 is 0. The fraction of sp³-hybridized carbons (Fsp3) is 0.357. The number of carbonyl (C=O) groups excluding carboxylic acids is 4. The highest BCUT2D eigenvalue weighted by molar-refractivity contribution is 5.97. The van der Waals surface area contributed by atoms with E-state index in [-0.39, 0.29) is 23.1 Å². The molecule has 0 spiro atoms. The summed E-state index contributed by atoms with van der Waals surface area (Å²) in [6, 6.07) is 33.7. The van der Waals surface area contributed by atoms with Crippen LogP contribution in [0.15, 0.2) is 131 Å². The van der Waals surface area contributed by atoms with Gasteiger partial charge in [0.25, 0.3) is 0 Å². The van der Waals surface area contributed by atoms with Crippen LogP contribution in [0.25, 0.3) is 0 Å². The van der Waals surface area contributed by atoms with Crippen molar-refractivity contribution in [2.24, 2.45) is 9.98 Å². The number of ether oxygens (including phenoxy) is 4. The maximum absolute atomic E-state index is 13.0. The molecule has 0 bridgehead atoms. The zero-order valence-corrected chi connectivity index (χ0v) is 38.6. The van der Waals surface area contributed by atoms with Crippen molar-refractivity contribution < 1.29 is 38.1 Å². The van der Waals surface area contributed by atoms with Gasteiger partial charge in [-0.1, -0.05) is 134 Å². The fourth-order valence-electron chi connectivity index (χ4n) is 6.98. The number of rotatable bonds is 28. The zero-order chi connectivity index (χ0) is 46.6. The number of benzene rings is 5. The molecule has 10 heteroatoms. The molecule has 0 radical (unpaired) electrons. The van der Waals surface area contributed by atoms with E-state index >= 15 is 0 Å². The third-order valence-corrected chi connectivity index (χ3v) is 10.9. The van der Waals surface area contributed by atoms with Crippen molar-refractivity contribution in [3.63, 3.8) is 0 Å². The molecule has 0 aliphatic heterocycles. The number of aliphatic imine (C=N–C) groups is 2. The van der Waals surface area contributed by atoms with E-state index in [2.05, 4.69) is 23.8 Å². The number of unbranched alkanes of at least 4 members (excludes halogenated alkanes) is 14. The van der Waals surface area contributed by atoms with Gasteiger partial charge in [-0.2, -0.15) is 0 Å². The number of carbonyl (C=O) groups is 4. The van der Waals surface area contributed by atoms with Crippen molar-refractivity contribution in [2.75, 3.05) is 13.2 Å². The first-order valence-corrected chi connectivity index (χ1v) is 23.7. The Morgan fingerprint density at radius 1 is 0.394 bits per heavy atom. The fourth-order valence-corrected chi connectivity index (χ4v) is 6.98. The van der Waals surface area contributed by atoms with Crippen molar-refractivity contribution in [1.29, 1.82) is 0 Å². The number of nitrogens with zero attached hydrogens (tertiary/aromatic N) is 2. The molecule has 0 saturated heterocycles. The third kappa shape index (κ3) is 18.4. The quantitative estimate of drug-likeness (QED) is 0.0210. The number of hydrogen-bond acceptors (Lipinski definition) is 10. The molecular formula is C56H64N2O8. The summed E-state index contributed by atoms with van der Waals surface area (Å²) in [5, 5.41) is 0. The summed E-state index contributed by atoms with van der Waals surface area (Å²) in [4.78, 5) is 60.0. The minimum absolute atomic E-state index is 0.181. The van der Waals surface area contributed by atoms with E-state index in [4.69, 9.17) is 18.9 Å². The van der Waals surface area contributed by atoms with Gasteiger partial charge >= 0.3 is 23.9 Å². The Bertz CT molecular complexity index is 2140. The predicted molar refractivity (Wildman–Crippen MR) is 262 cm³/mol. The predicted octanol–water partition coefficient (Wildman–Crippen LogP) is 14.2. The molecule has 0 N–H and O–H groups in total. The molecule has 0 fully saturated rings. The van der Waals surface area contributed by atoms with Gasteiger partial charge in [0.1, 0.15) is 11.5 Å². The highest BCUT2D eigenvalue weighted by atomic mass is 16.5. The third-order valence-electron chi connectivity index (χ3n) is 10.9. The summed E-state index contributed by atoms with van der Waals surface area (Å²) in [5.41, 5.74) is 4.27. The monoisotopic (exact) mass is 892 g/mol. The molecule has 0 atom stereocenters. The van der Waals surface area contributed by atoms with Gasteiger partial charge in [0.05, 0.1) is 46.8 Å². The van der Waals surface area contributed by atoms with E-state index in [1.165, 1.54) is 83.1 Å². The van der Waals surface area contributed by atoms with Crippen LogP contribution in [0.4, 0.5) is 11.4 Å². The first kappa shape index (κ1) is 50.3. The summed E-state index contributed by atoms with van der Waals surface area (Å²) in [5.74, 6) is -1.30. The van der Waals surface area contributed by atoms with Gasteiger partial charge in [-0.15, -0.1) is 0 Å². The minimum atomic E-state index is -0.636. The lowest BCUT2D eigenvalue weighted by molar-refractivity contribution is 0.0488. The van der Waals surface area contributed by atoms with E-state index in [0.29, 0.717) is 47.2 Å². The first-order chi connectivity index (χ1) is 32.3. The zero-order valence-electron chi connectivity index (χ0n) is 38.6. The minimum Gasteiger partial charge on any atom is -0.462 e. The number of esters is 4. The van der Waals surface area contributed by atoms with E-state index < -0.39 is 11.9 Å². The molecule has 346 valence electrons. The summed E-state index contributed by atoms with van der Waals surface area (Å²) in [6.07, 6.45) is 22.4. The van der Waals surface area contributed by atoms with Crippen LogP contribution in [0.2, 0.25) is 0 Å². The molecule has 10 nitrogen and oxygen atoms in total. The maximum atomic E-state index is 13.0. The highest BCUT2D eigenvalue weighted by Gasteiger charge is 2.15. The van der Waals surface area contributed by atoms with Gasteiger partial charge in [-0.3, -0.25) is 9.98 Å². The Labute approximate surface area is 390 Å². The number of hydrogen-bond donors (Lipinski definition) is 0. The van der Waals surface area contributed by atoms with E-state index in [1.54, 1.807) is 103 Å². The van der Waals surface area contributed by atoms with Gasteiger partial charge in [-0.05, 0) is 115 Å². The molecule has 66 heavy (non-hydrogen) atoms.